The van der Waals surface area contributed by atoms with Crippen LogP contribution in [0.25, 0.3) is 0 Å². The maximum absolute atomic E-state index is 12.9. The third-order valence-electron chi connectivity index (χ3n) is 5.77. The minimum absolute atomic E-state index is 0.0498. The summed E-state index contributed by atoms with van der Waals surface area (Å²) in [6.45, 7) is 4.46. The molecule has 3 heterocycles. The van der Waals surface area contributed by atoms with Gasteiger partial charge in [-0.3, -0.25) is 9.48 Å². The van der Waals surface area contributed by atoms with E-state index in [9.17, 15) is 14.4 Å². The molecule has 2 aromatic rings. The normalized spacial score (nSPS) is 15.5. The summed E-state index contributed by atoms with van der Waals surface area (Å²) in [6, 6.07) is 6.33. The van der Waals surface area contributed by atoms with Crippen LogP contribution in [-0.2, 0) is 24.8 Å². The fraction of sp³-hybridized carbons (Fsp3) is 0.455. The first-order chi connectivity index (χ1) is 15.0. The summed E-state index contributed by atoms with van der Waals surface area (Å²) in [5.74, 6) is -0.443. The topological polar surface area (TPSA) is 96.8 Å². The largest absolute Gasteiger partial charge is 0.462 e. The van der Waals surface area contributed by atoms with Gasteiger partial charge in [0.15, 0.2) is 5.69 Å². The van der Waals surface area contributed by atoms with Gasteiger partial charge in [-0.15, -0.1) is 0 Å². The highest BCUT2D eigenvalue weighted by molar-refractivity contribution is 5.95. The number of nitrogens with one attached hydrogen (secondary N) is 1. The first kappa shape index (κ1) is 20.9. The van der Waals surface area contributed by atoms with Crippen LogP contribution in [0.4, 0.5) is 10.5 Å². The Morgan fingerprint density at radius 1 is 1.06 bits per heavy atom. The monoisotopic (exact) mass is 425 g/mol. The number of rotatable bonds is 4. The summed E-state index contributed by atoms with van der Waals surface area (Å²) in [5, 5.41) is 7.34. The zero-order chi connectivity index (χ0) is 22.0. The van der Waals surface area contributed by atoms with Gasteiger partial charge in [0.25, 0.3) is 5.91 Å². The molecule has 2 aliphatic heterocycles. The quantitative estimate of drug-likeness (QED) is 0.759. The lowest BCUT2D eigenvalue weighted by Crippen LogP contribution is -2.40. The zero-order valence-corrected chi connectivity index (χ0v) is 17.9. The smallest absolute Gasteiger partial charge is 0.338 e. The molecule has 2 aliphatic rings. The molecule has 0 aliphatic carbocycles. The molecule has 0 unspecified atom stereocenters. The minimum atomic E-state index is -0.393. The van der Waals surface area contributed by atoms with Gasteiger partial charge < -0.3 is 19.9 Å². The molecular formula is C22H27N5O4. The van der Waals surface area contributed by atoms with E-state index >= 15 is 0 Å². The molecule has 1 N–H and O–H groups in total. The second-order valence-corrected chi connectivity index (χ2v) is 7.80. The van der Waals surface area contributed by atoms with E-state index in [-0.39, 0.29) is 11.9 Å². The number of carbonyl (C=O) groups is 3. The molecule has 0 radical (unpaired) electrons. The number of aryl methyl sites for hydroxylation is 1. The molecule has 31 heavy (non-hydrogen) atoms. The number of amides is 3. The van der Waals surface area contributed by atoms with Gasteiger partial charge in [0.05, 0.1) is 18.7 Å². The van der Waals surface area contributed by atoms with Crippen molar-refractivity contribution in [3.8, 4) is 0 Å². The Hall–Kier alpha value is -3.36. The Kier molecular flexibility index (Phi) is 5.92. The van der Waals surface area contributed by atoms with Gasteiger partial charge >= 0.3 is 12.0 Å². The van der Waals surface area contributed by atoms with Crippen LogP contribution in [0.1, 0.15) is 51.9 Å². The lowest BCUT2D eigenvalue weighted by molar-refractivity contribution is 0.0526. The van der Waals surface area contributed by atoms with Crippen LogP contribution >= 0.6 is 0 Å². The van der Waals surface area contributed by atoms with Crippen LogP contribution in [0, 0.1) is 0 Å². The average Bonchev–Trinajstić information content (AvgIpc) is 3.42. The second kappa shape index (κ2) is 8.79. The van der Waals surface area contributed by atoms with Crippen molar-refractivity contribution in [2.45, 2.75) is 32.7 Å². The molecule has 0 saturated carbocycles. The Labute approximate surface area is 180 Å². The molecule has 1 saturated heterocycles. The molecule has 1 aromatic carbocycles. The van der Waals surface area contributed by atoms with E-state index in [0.717, 1.165) is 37.2 Å². The van der Waals surface area contributed by atoms with Gasteiger partial charge in [-0.05, 0) is 44.0 Å². The summed E-state index contributed by atoms with van der Waals surface area (Å²) in [7, 11) is 1.85. The van der Waals surface area contributed by atoms with Crippen molar-refractivity contribution < 1.29 is 19.1 Å². The summed E-state index contributed by atoms with van der Waals surface area (Å²) in [4.78, 5) is 41.1. The first-order valence-corrected chi connectivity index (χ1v) is 10.6. The van der Waals surface area contributed by atoms with Crippen molar-refractivity contribution in [3.63, 3.8) is 0 Å². The minimum Gasteiger partial charge on any atom is -0.462 e. The van der Waals surface area contributed by atoms with Gasteiger partial charge in [-0.2, -0.15) is 5.10 Å². The van der Waals surface area contributed by atoms with Crippen molar-refractivity contribution in [2.24, 2.45) is 7.05 Å². The van der Waals surface area contributed by atoms with Crippen LogP contribution in [0.5, 0.6) is 0 Å². The Morgan fingerprint density at radius 3 is 2.45 bits per heavy atom. The van der Waals surface area contributed by atoms with E-state index in [1.807, 2.05) is 11.9 Å². The molecule has 0 spiro atoms. The Bertz CT molecular complexity index is 992. The van der Waals surface area contributed by atoms with Crippen LogP contribution in [0.15, 0.2) is 24.3 Å². The number of nitrogens with zero attached hydrogens (tertiary/aromatic N) is 4. The van der Waals surface area contributed by atoms with Crippen LogP contribution in [0.3, 0.4) is 0 Å². The summed E-state index contributed by atoms with van der Waals surface area (Å²) in [6.07, 6.45) is 2.68. The van der Waals surface area contributed by atoms with E-state index in [2.05, 4.69) is 10.4 Å². The third-order valence-corrected chi connectivity index (χ3v) is 5.77. The lowest BCUT2D eigenvalue weighted by atomic mass is 10.0. The molecule has 0 atom stereocenters. The predicted molar refractivity (Wildman–Crippen MR) is 114 cm³/mol. The number of hydrogen-bond acceptors (Lipinski definition) is 5. The highest BCUT2D eigenvalue weighted by atomic mass is 16.5. The number of ether oxygens (including phenoxy) is 1. The summed E-state index contributed by atoms with van der Waals surface area (Å²) < 4.78 is 6.74. The Balaban J connectivity index is 1.45. The van der Waals surface area contributed by atoms with Crippen molar-refractivity contribution >= 4 is 23.6 Å². The molecule has 164 valence electrons. The number of urea groups is 1. The van der Waals surface area contributed by atoms with Gasteiger partial charge in [-0.1, -0.05) is 0 Å². The fourth-order valence-electron chi connectivity index (χ4n) is 4.11. The van der Waals surface area contributed by atoms with Crippen molar-refractivity contribution in [3.05, 3.63) is 46.8 Å². The third kappa shape index (κ3) is 4.26. The number of fused-ring (bicyclic) bond motifs is 1. The number of benzene rings is 1. The van der Waals surface area contributed by atoms with E-state index < -0.39 is 5.97 Å². The molecule has 4 rings (SSSR count). The number of likely N-dealkylation sites (tertiary alicyclic amines) is 1. The maximum atomic E-state index is 12.9. The van der Waals surface area contributed by atoms with Gasteiger partial charge in [0, 0.05) is 50.0 Å². The molecule has 1 aromatic heterocycles. The molecule has 9 nitrogen and oxygen atoms in total. The zero-order valence-electron chi connectivity index (χ0n) is 17.9. The van der Waals surface area contributed by atoms with Crippen LogP contribution in [0.2, 0.25) is 0 Å². The van der Waals surface area contributed by atoms with Gasteiger partial charge in [0.1, 0.15) is 0 Å². The van der Waals surface area contributed by atoms with E-state index in [4.69, 9.17) is 4.74 Å². The van der Waals surface area contributed by atoms with E-state index in [0.29, 0.717) is 43.1 Å². The van der Waals surface area contributed by atoms with Crippen molar-refractivity contribution in [1.29, 1.82) is 0 Å². The number of esters is 1. The number of aromatic nitrogens is 2. The molecule has 1 fully saturated rings. The highest BCUT2D eigenvalue weighted by Gasteiger charge is 2.32. The van der Waals surface area contributed by atoms with Crippen LogP contribution < -0.4 is 5.32 Å². The Morgan fingerprint density at radius 2 is 1.77 bits per heavy atom. The maximum Gasteiger partial charge on any atom is 0.338 e. The predicted octanol–water partition coefficient (Wildman–Crippen LogP) is 2.42. The average molecular weight is 425 g/mol. The lowest BCUT2D eigenvalue weighted by Gasteiger charge is -2.28. The SMILES string of the molecule is CCOC(=O)c1ccc(NC(=O)N2CCc3c(c(C(=O)N4CCCC4)nn3C)C2)cc1. The van der Waals surface area contributed by atoms with E-state index in [1.165, 1.54) is 0 Å². The van der Waals surface area contributed by atoms with Gasteiger partial charge in [0.2, 0.25) is 0 Å². The van der Waals surface area contributed by atoms with Crippen LogP contribution in [-0.4, -0.2) is 63.7 Å². The molecule has 3 amide bonds. The fourth-order valence-corrected chi connectivity index (χ4v) is 4.11. The molecule has 9 heteroatoms. The van der Waals surface area contributed by atoms with Crippen molar-refractivity contribution in [1.82, 2.24) is 19.6 Å². The number of anilines is 1. The molecule has 0 bridgehead atoms. The molecular weight excluding hydrogens is 398 g/mol. The standard InChI is InChI=1S/C22H27N5O4/c1-3-31-21(29)15-6-8-16(9-7-15)23-22(30)27-13-10-18-17(14-27)19(24-25(18)2)20(28)26-11-4-5-12-26/h6-9H,3-5,10-14H2,1-2H3,(H,23,30). The first-order valence-electron chi connectivity index (χ1n) is 10.6. The highest BCUT2D eigenvalue weighted by Crippen LogP contribution is 2.25. The number of hydrogen-bond donors (Lipinski definition) is 1. The van der Waals surface area contributed by atoms with Gasteiger partial charge in [-0.25, -0.2) is 9.59 Å². The van der Waals surface area contributed by atoms with Crippen molar-refractivity contribution in [2.75, 3.05) is 31.6 Å². The second-order valence-electron chi connectivity index (χ2n) is 7.80. The van der Waals surface area contributed by atoms with E-state index in [1.54, 1.807) is 40.8 Å². The summed E-state index contributed by atoms with van der Waals surface area (Å²) >= 11 is 0. The number of carbonyl (C=O) groups excluding carboxylic acids is 3. The summed E-state index contributed by atoms with van der Waals surface area (Å²) in [5.41, 5.74) is 3.31.